The van der Waals surface area contributed by atoms with Crippen LogP contribution in [-0.2, 0) is 18.4 Å². The quantitative estimate of drug-likeness (QED) is 0.0272. The second-order valence-electron chi connectivity index (χ2n) is 24.2. The predicted octanol–water partition coefficient (Wildman–Crippen LogP) is 21.4. The van der Waals surface area contributed by atoms with Crippen molar-refractivity contribution < 1.29 is 32.9 Å². The highest BCUT2D eigenvalue weighted by molar-refractivity contribution is 7.45. The summed E-state index contributed by atoms with van der Waals surface area (Å²) in [4.78, 5) is 25.6. The van der Waals surface area contributed by atoms with Gasteiger partial charge >= 0.3 is 0 Å². The number of amides is 1. The average molecular weight is 1180 g/mol. The Bertz CT molecular complexity index is 1770. The number of rotatable bonds is 62. The summed E-state index contributed by atoms with van der Waals surface area (Å²) in [5.74, 6) is -0.231. The number of unbranched alkanes of at least 4 members (excludes halogenated alkanes) is 31. The summed E-state index contributed by atoms with van der Waals surface area (Å²) >= 11 is 0. The number of phosphoric ester groups is 1. The van der Waals surface area contributed by atoms with Crippen LogP contribution in [0.3, 0.4) is 0 Å². The highest BCUT2D eigenvalue weighted by Crippen LogP contribution is 2.38. The first-order chi connectivity index (χ1) is 40.5. The fourth-order valence-corrected chi connectivity index (χ4v) is 10.3. The molecule has 2 N–H and O–H groups in total. The minimum absolute atomic E-state index is 0.0141. The second-order valence-corrected chi connectivity index (χ2v) is 25.6. The molecule has 0 aromatic rings. The molecule has 0 radical (unpaired) electrons. The number of nitrogens with one attached hydrogen (secondary N) is 1. The monoisotopic (exact) mass is 1170 g/mol. The molecule has 0 saturated heterocycles. The lowest BCUT2D eigenvalue weighted by Crippen LogP contribution is -2.45. The number of phosphoric acid groups is 1. The molecule has 83 heavy (non-hydrogen) atoms. The number of nitrogens with zero attached hydrogens (tertiary/aromatic N) is 1. The molecule has 0 rings (SSSR count). The molecule has 3 atom stereocenters. The molecule has 3 unspecified atom stereocenters. The number of hydrogen-bond donors (Lipinski definition) is 2. The Morgan fingerprint density at radius 2 is 0.735 bits per heavy atom. The highest BCUT2D eigenvalue weighted by Gasteiger charge is 2.23. The summed E-state index contributed by atoms with van der Waals surface area (Å²) in [7, 11) is 1.23. The molecule has 0 spiro atoms. The van der Waals surface area contributed by atoms with Crippen LogP contribution in [0.5, 0.6) is 0 Å². The van der Waals surface area contributed by atoms with Gasteiger partial charge in [0.15, 0.2) is 0 Å². The third-order valence-electron chi connectivity index (χ3n) is 14.9. The van der Waals surface area contributed by atoms with Crippen LogP contribution in [0.2, 0.25) is 0 Å². The molecule has 1 amide bonds. The third-order valence-corrected chi connectivity index (χ3v) is 15.9. The molecule has 0 heterocycles. The molecule has 478 valence electrons. The van der Waals surface area contributed by atoms with Gasteiger partial charge in [-0.15, -0.1) is 0 Å². The van der Waals surface area contributed by atoms with E-state index in [2.05, 4.69) is 129 Å². The summed E-state index contributed by atoms with van der Waals surface area (Å²) in [6.07, 6.45) is 94.6. The maximum Gasteiger partial charge on any atom is 0.268 e. The zero-order valence-electron chi connectivity index (χ0n) is 54.6. The number of carbonyl (C=O) groups excluding carboxylic acids is 1. The van der Waals surface area contributed by atoms with E-state index in [1.54, 1.807) is 6.08 Å². The van der Waals surface area contributed by atoms with Gasteiger partial charge in [-0.1, -0.05) is 315 Å². The Labute approximate surface area is 514 Å². The Kier molecular flexibility index (Phi) is 61.0. The lowest BCUT2D eigenvalue weighted by molar-refractivity contribution is -0.870. The fraction of sp³-hybridized carbons (Fsp3) is 0.716. The van der Waals surface area contributed by atoms with E-state index in [1.807, 2.05) is 27.2 Å². The summed E-state index contributed by atoms with van der Waals surface area (Å²) in [6, 6.07) is -0.916. The van der Waals surface area contributed by atoms with Gasteiger partial charge in [0.1, 0.15) is 13.2 Å². The van der Waals surface area contributed by atoms with Crippen molar-refractivity contribution in [1.82, 2.24) is 5.32 Å². The topological polar surface area (TPSA) is 108 Å². The summed E-state index contributed by atoms with van der Waals surface area (Å²) < 4.78 is 23.4. The highest BCUT2D eigenvalue weighted by atomic mass is 31.2. The lowest BCUT2D eigenvalue weighted by atomic mass is 10.0. The molecular weight excluding hydrogens is 1040 g/mol. The molecule has 9 heteroatoms. The molecule has 0 bridgehead atoms. The van der Waals surface area contributed by atoms with Gasteiger partial charge < -0.3 is 28.8 Å². The van der Waals surface area contributed by atoms with Gasteiger partial charge in [0.25, 0.3) is 7.82 Å². The molecule has 0 aliphatic heterocycles. The standard InChI is InChI=1S/C74H131N2O6P/c1-6-8-10-12-14-16-18-20-22-24-26-28-30-32-34-36-38-40-42-44-46-48-50-52-54-56-58-60-62-64-66-68-74(78)75-72(71-82-83(79,80)81-70-69-76(3,4)5)73(77)67-65-63-61-59-57-55-53-51-49-47-45-43-41-39-37-35-33-31-29-27-25-23-21-19-17-15-13-11-9-7-2/h8,10,14,16,20,22,26,28,32,34,38,40,44,46,50,52,56,58,65,67,72-73,77H,6-7,9,11-13,15,17-19,21,23-25,27,29-31,33,35-37,39,41-43,45,47-49,51,53-55,57,59-64,66,68-71H2,1-5H3,(H-,75,78,79,80)/b10-8-,16-14-,22-20-,28-26-,34-32-,40-38-,46-44-,52-50-,58-56-,67-65+. The predicted molar refractivity (Wildman–Crippen MR) is 362 cm³/mol. The van der Waals surface area contributed by atoms with E-state index >= 15 is 0 Å². The van der Waals surface area contributed by atoms with Crippen molar-refractivity contribution in [1.29, 1.82) is 0 Å². The zero-order chi connectivity index (χ0) is 60.5. The largest absolute Gasteiger partial charge is 0.756 e. The number of hydrogen-bond acceptors (Lipinski definition) is 6. The van der Waals surface area contributed by atoms with E-state index in [9.17, 15) is 19.4 Å². The maximum atomic E-state index is 13.0. The van der Waals surface area contributed by atoms with Gasteiger partial charge in [-0.05, 0) is 89.9 Å². The van der Waals surface area contributed by atoms with E-state index in [0.29, 0.717) is 23.9 Å². The Morgan fingerprint density at radius 1 is 0.434 bits per heavy atom. The van der Waals surface area contributed by atoms with Gasteiger partial charge in [0.2, 0.25) is 5.91 Å². The van der Waals surface area contributed by atoms with E-state index in [1.165, 1.54) is 167 Å². The van der Waals surface area contributed by atoms with Crippen molar-refractivity contribution in [3.05, 3.63) is 122 Å². The van der Waals surface area contributed by atoms with E-state index in [4.69, 9.17) is 9.05 Å². The minimum Gasteiger partial charge on any atom is -0.756 e. The van der Waals surface area contributed by atoms with Crippen LogP contribution in [-0.4, -0.2) is 68.5 Å². The van der Waals surface area contributed by atoms with Crippen molar-refractivity contribution >= 4 is 13.7 Å². The second kappa shape index (κ2) is 63.4. The first-order valence-electron chi connectivity index (χ1n) is 34.4. The molecule has 0 aliphatic rings. The van der Waals surface area contributed by atoms with Gasteiger partial charge in [-0.2, -0.15) is 0 Å². The van der Waals surface area contributed by atoms with E-state index in [0.717, 1.165) is 96.3 Å². The molecule has 0 aromatic heterocycles. The van der Waals surface area contributed by atoms with Crippen LogP contribution in [0, 0.1) is 0 Å². The normalized spacial score (nSPS) is 14.4. The molecule has 0 aromatic carbocycles. The van der Waals surface area contributed by atoms with Crippen LogP contribution in [0.25, 0.3) is 0 Å². The first kappa shape index (κ1) is 79.9. The van der Waals surface area contributed by atoms with Gasteiger partial charge in [-0.3, -0.25) is 9.36 Å². The number of aliphatic hydroxyl groups is 1. The van der Waals surface area contributed by atoms with E-state index in [-0.39, 0.29) is 12.5 Å². The Morgan fingerprint density at radius 3 is 1.07 bits per heavy atom. The SMILES string of the molecule is CC/C=C\C/C=C\C/C=C\C/C=C\C/C=C\C/C=C\C/C=C\C/C=C\C/C=C\CCCCCC(=O)NC(COP(=O)([O-])OCC[N+](C)(C)C)C(O)/C=C/CCCCCCCCCCCCCCCCCCCCCCCCCCCCCC. The summed E-state index contributed by atoms with van der Waals surface area (Å²) in [5.41, 5.74) is 0. The van der Waals surface area contributed by atoms with Crippen LogP contribution >= 0.6 is 7.82 Å². The lowest BCUT2D eigenvalue weighted by Gasteiger charge is -2.29. The number of aliphatic hydroxyl groups excluding tert-OH is 1. The van der Waals surface area contributed by atoms with Gasteiger partial charge in [-0.25, -0.2) is 0 Å². The fourth-order valence-electron chi connectivity index (χ4n) is 9.62. The molecule has 0 fully saturated rings. The Balaban J connectivity index is 4.21. The minimum atomic E-state index is -4.62. The van der Waals surface area contributed by atoms with Crippen LogP contribution in [0.4, 0.5) is 0 Å². The zero-order valence-corrected chi connectivity index (χ0v) is 55.5. The number of likely N-dealkylation sites (N-methyl/N-ethyl adjacent to an activating group) is 1. The van der Waals surface area contributed by atoms with Gasteiger partial charge in [0.05, 0.1) is 39.9 Å². The Hall–Kier alpha value is -3.10. The van der Waals surface area contributed by atoms with Crippen molar-refractivity contribution in [2.45, 2.75) is 302 Å². The number of carbonyl (C=O) groups is 1. The first-order valence-corrected chi connectivity index (χ1v) is 35.9. The maximum absolute atomic E-state index is 13.0. The number of allylic oxidation sites excluding steroid dienone is 19. The van der Waals surface area contributed by atoms with Crippen molar-refractivity contribution in [2.24, 2.45) is 0 Å². The van der Waals surface area contributed by atoms with Crippen LogP contribution in [0.15, 0.2) is 122 Å². The molecule has 0 aliphatic carbocycles. The molecular formula is C74H131N2O6P. The molecule has 8 nitrogen and oxygen atoms in total. The van der Waals surface area contributed by atoms with Crippen LogP contribution in [0.1, 0.15) is 290 Å². The summed E-state index contributed by atoms with van der Waals surface area (Å²) in [5, 5.41) is 13.9. The molecule has 0 saturated carbocycles. The van der Waals surface area contributed by atoms with Crippen molar-refractivity contribution in [3.63, 3.8) is 0 Å². The van der Waals surface area contributed by atoms with Crippen molar-refractivity contribution in [2.75, 3.05) is 40.9 Å². The van der Waals surface area contributed by atoms with Gasteiger partial charge in [0, 0.05) is 6.42 Å². The van der Waals surface area contributed by atoms with Crippen LogP contribution < -0.4 is 10.2 Å². The third kappa shape index (κ3) is 66.3. The van der Waals surface area contributed by atoms with Crippen molar-refractivity contribution in [3.8, 4) is 0 Å². The average Bonchev–Trinajstić information content (AvgIpc) is 3.49. The number of quaternary nitrogens is 1. The smallest absolute Gasteiger partial charge is 0.268 e. The summed E-state index contributed by atoms with van der Waals surface area (Å²) in [6.45, 7) is 4.53. The van der Waals surface area contributed by atoms with E-state index < -0.39 is 26.6 Å².